The van der Waals surface area contributed by atoms with Crippen molar-refractivity contribution < 1.29 is 33.9 Å². The molecule has 5 rings (SSSR count). The molecule has 2 fully saturated rings. The molecule has 0 radical (unpaired) electrons. The van der Waals surface area contributed by atoms with Gasteiger partial charge >= 0.3 is 0 Å². The summed E-state index contributed by atoms with van der Waals surface area (Å²) in [6.07, 6.45) is 4.15. The Balaban J connectivity index is 1.46. The van der Waals surface area contributed by atoms with Crippen molar-refractivity contribution in [3.8, 4) is 0 Å². The van der Waals surface area contributed by atoms with E-state index < -0.39 is 64.2 Å². The smallest absolute Gasteiger partial charge is 0.289 e. The number of ketones is 1. The minimum absolute atomic E-state index is 0.00941. The first-order valence-corrected chi connectivity index (χ1v) is 17.4. The molecule has 1 saturated heterocycles. The SMILES string of the molecule is CCC[C@H](NC(=O)[C@@H]1C[C@]2(C=C(c3cccc(Cl)c3)NO2)CN1C(=O)[C@@H](NC(=O)[C@](C)(O)c1ccccc1)C(C)(C)C)C(=O)C(=O)NC1CC1. The number of carbonyl (C=O) groups is 5. The number of hydroxylamine groups is 1. The predicted molar refractivity (Wildman–Crippen MR) is 187 cm³/mol. The van der Waals surface area contributed by atoms with E-state index >= 15 is 0 Å². The Morgan fingerprint density at radius 1 is 1.04 bits per heavy atom. The van der Waals surface area contributed by atoms with Gasteiger partial charge in [-0.05, 0) is 55.4 Å². The van der Waals surface area contributed by atoms with Crippen LogP contribution >= 0.6 is 11.6 Å². The Hall–Kier alpha value is -4.26. The van der Waals surface area contributed by atoms with Crippen molar-refractivity contribution in [2.75, 3.05) is 6.54 Å². The van der Waals surface area contributed by atoms with Gasteiger partial charge in [-0.2, -0.15) is 0 Å². The second-order valence-corrected chi connectivity index (χ2v) is 15.1. The van der Waals surface area contributed by atoms with Gasteiger partial charge in [-0.3, -0.25) is 34.3 Å². The number of aliphatic hydroxyl groups is 1. The van der Waals surface area contributed by atoms with Crippen LogP contribution in [-0.4, -0.2) is 75.7 Å². The molecule has 1 saturated carbocycles. The number of nitrogens with one attached hydrogen (secondary N) is 4. The summed E-state index contributed by atoms with van der Waals surface area (Å²) in [6.45, 7) is 8.43. The number of nitrogens with zero attached hydrogens (tertiary/aromatic N) is 1. The number of Topliss-reactive ketones (excluding diaryl/α,β-unsaturated/α-hetero) is 1. The van der Waals surface area contributed by atoms with Crippen molar-refractivity contribution in [1.29, 1.82) is 0 Å². The molecule has 0 unspecified atom stereocenters. The molecule has 4 amide bonds. The van der Waals surface area contributed by atoms with Crippen molar-refractivity contribution in [3.63, 3.8) is 0 Å². The van der Waals surface area contributed by atoms with Crippen LogP contribution in [0.25, 0.3) is 5.70 Å². The second-order valence-electron chi connectivity index (χ2n) is 14.7. The van der Waals surface area contributed by atoms with Gasteiger partial charge in [0.05, 0.1) is 18.3 Å². The maximum absolute atomic E-state index is 14.6. The lowest BCUT2D eigenvalue weighted by Crippen LogP contribution is -2.60. The minimum atomic E-state index is -1.96. The lowest BCUT2D eigenvalue weighted by Gasteiger charge is -2.37. The maximum atomic E-state index is 14.6. The third-order valence-electron chi connectivity index (χ3n) is 9.36. The number of halogens is 1. The van der Waals surface area contributed by atoms with Crippen molar-refractivity contribution in [2.45, 2.75) is 102 Å². The van der Waals surface area contributed by atoms with E-state index in [9.17, 15) is 29.1 Å². The number of likely N-dealkylation sites (tertiary alicyclic amines) is 1. The molecule has 0 bridgehead atoms. The Morgan fingerprint density at radius 2 is 1.74 bits per heavy atom. The Morgan fingerprint density at radius 3 is 2.36 bits per heavy atom. The van der Waals surface area contributed by atoms with E-state index in [2.05, 4.69) is 21.4 Å². The van der Waals surface area contributed by atoms with Crippen molar-refractivity contribution in [2.24, 2.45) is 5.41 Å². The highest BCUT2D eigenvalue weighted by molar-refractivity contribution is 6.38. The van der Waals surface area contributed by atoms with Gasteiger partial charge in [-0.25, -0.2) is 0 Å². The number of rotatable bonds is 12. The lowest BCUT2D eigenvalue weighted by atomic mass is 9.84. The second kappa shape index (κ2) is 14.5. The highest BCUT2D eigenvalue weighted by Gasteiger charge is 2.54. The number of amides is 4. The summed E-state index contributed by atoms with van der Waals surface area (Å²) in [4.78, 5) is 75.7. The zero-order valence-corrected chi connectivity index (χ0v) is 29.8. The van der Waals surface area contributed by atoms with Crippen LogP contribution in [0.1, 0.15) is 77.8 Å². The average molecular weight is 708 g/mol. The summed E-state index contributed by atoms with van der Waals surface area (Å²) in [5.74, 6) is -3.50. The molecule has 268 valence electrons. The third-order valence-corrected chi connectivity index (χ3v) is 9.59. The van der Waals surface area contributed by atoms with Crippen molar-refractivity contribution in [3.05, 3.63) is 76.8 Å². The van der Waals surface area contributed by atoms with Gasteiger partial charge in [0.25, 0.3) is 11.8 Å². The van der Waals surface area contributed by atoms with E-state index in [4.69, 9.17) is 16.4 Å². The van der Waals surface area contributed by atoms with Gasteiger partial charge in [-0.1, -0.05) is 88.2 Å². The number of carbonyl (C=O) groups excluding carboxylic acids is 5. The normalized spacial score (nSPS) is 22.5. The summed E-state index contributed by atoms with van der Waals surface area (Å²) in [6, 6.07) is 12.1. The highest BCUT2D eigenvalue weighted by Crippen LogP contribution is 2.39. The fourth-order valence-corrected chi connectivity index (χ4v) is 6.46. The quantitative estimate of drug-likeness (QED) is 0.210. The minimum Gasteiger partial charge on any atom is -0.376 e. The van der Waals surface area contributed by atoms with Gasteiger partial charge in [0.15, 0.2) is 5.60 Å². The molecule has 5 atom stereocenters. The first kappa shape index (κ1) is 37.0. The van der Waals surface area contributed by atoms with Crippen LogP contribution < -0.4 is 21.4 Å². The van der Waals surface area contributed by atoms with E-state index in [-0.39, 0.29) is 25.4 Å². The monoisotopic (exact) mass is 707 g/mol. The molecule has 1 spiro atoms. The molecule has 5 N–H and O–H groups in total. The topological polar surface area (TPSA) is 166 Å². The van der Waals surface area contributed by atoms with Crippen LogP contribution in [0.4, 0.5) is 0 Å². The predicted octanol–water partition coefficient (Wildman–Crippen LogP) is 3.13. The van der Waals surface area contributed by atoms with Gasteiger partial charge in [0.2, 0.25) is 17.6 Å². The number of benzene rings is 2. The summed E-state index contributed by atoms with van der Waals surface area (Å²) in [5, 5.41) is 20.0. The van der Waals surface area contributed by atoms with Crippen LogP contribution in [-0.2, 0) is 34.4 Å². The van der Waals surface area contributed by atoms with Crippen LogP contribution in [0.15, 0.2) is 60.7 Å². The van der Waals surface area contributed by atoms with Crippen LogP contribution in [0.2, 0.25) is 5.02 Å². The van der Waals surface area contributed by atoms with Gasteiger partial charge < -0.3 is 26.0 Å². The molecule has 0 aromatic heterocycles. The molecule has 50 heavy (non-hydrogen) atoms. The van der Waals surface area contributed by atoms with Crippen molar-refractivity contribution in [1.82, 2.24) is 26.3 Å². The van der Waals surface area contributed by atoms with Gasteiger partial charge in [0.1, 0.15) is 17.7 Å². The molecular weight excluding hydrogens is 662 g/mol. The maximum Gasteiger partial charge on any atom is 0.289 e. The van der Waals surface area contributed by atoms with Gasteiger partial charge in [-0.15, -0.1) is 0 Å². The molecule has 2 aromatic carbocycles. The van der Waals surface area contributed by atoms with E-state index in [0.29, 0.717) is 22.7 Å². The molecule has 2 heterocycles. The van der Waals surface area contributed by atoms with E-state index in [1.165, 1.54) is 11.8 Å². The number of hydrogen-bond donors (Lipinski definition) is 5. The van der Waals surface area contributed by atoms with E-state index in [1.807, 2.05) is 13.0 Å². The highest BCUT2D eigenvalue weighted by atomic mass is 35.5. The van der Waals surface area contributed by atoms with E-state index in [1.54, 1.807) is 75.4 Å². The summed E-state index contributed by atoms with van der Waals surface area (Å²) in [5.41, 5.74) is 0.604. The summed E-state index contributed by atoms with van der Waals surface area (Å²) < 4.78 is 0. The van der Waals surface area contributed by atoms with Crippen LogP contribution in [0.5, 0.6) is 0 Å². The molecule has 2 aromatic rings. The molecule has 2 aliphatic heterocycles. The Labute approximate surface area is 297 Å². The summed E-state index contributed by atoms with van der Waals surface area (Å²) in [7, 11) is 0. The Kier molecular flexibility index (Phi) is 10.8. The number of hydrogen-bond acceptors (Lipinski definition) is 8. The fourth-order valence-electron chi connectivity index (χ4n) is 6.27. The zero-order chi connectivity index (χ0) is 36.4. The molecular formula is C37H46ClN5O7. The fraction of sp³-hybridized carbons (Fsp3) is 0.486. The van der Waals surface area contributed by atoms with Crippen molar-refractivity contribution >= 4 is 46.7 Å². The zero-order valence-electron chi connectivity index (χ0n) is 29.0. The average Bonchev–Trinajstić information content (AvgIpc) is 3.67. The van der Waals surface area contributed by atoms with Crippen LogP contribution in [0.3, 0.4) is 0 Å². The molecule has 1 aliphatic carbocycles. The van der Waals surface area contributed by atoms with Crippen LogP contribution in [0, 0.1) is 5.41 Å². The third kappa shape index (κ3) is 8.20. The first-order chi connectivity index (χ1) is 23.5. The largest absolute Gasteiger partial charge is 0.376 e. The standard InChI is InChI=1S/C37H46ClN5O7/c1-6-11-26(29(44)32(46)39-25-16-17-25)40-31(45)28-20-37(19-27(42-50-37)22-12-10-15-24(38)18-22)21-43(28)33(47)30(35(2,3)4)41-34(48)36(5,49)23-13-8-7-9-14-23/h7-10,12-15,18-19,25-26,28,30,42,49H,6,11,16-17,20-21H2,1-5H3,(H,39,46)(H,40,45)(H,41,48)/t26-,28-,30+,36+,37+/m0/s1. The lowest BCUT2D eigenvalue weighted by molar-refractivity contribution is -0.149. The molecule has 13 heteroatoms. The summed E-state index contributed by atoms with van der Waals surface area (Å²) >= 11 is 6.24. The molecule has 12 nitrogen and oxygen atoms in total. The van der Waals surface area contributed by atoms with Gasteiger partial charge in [0, 0.05) is 23.0 Å². The van der Waals surface area contributed by atoms with E-state index in [0.717, 1.165) is 18.4 Å². The first-order valence-electron chi connectivity index (χ1n) is 17.0. The molecule has 3 aliphatic rings. The Bertz CT molecular complexity index is 1670.